The molecule has 0 aliphatic carbocycles. The zero-order chi connectivity index (χ0) is 14.7. The van der Waals surface area contributed by atoms with Crippen molar-refractivity contribution in [1.29, 1.82) is 0 Å². The molecule has 6 N–H and O–H groups in total. The Morgan fingerprint density at radius 1 is 1.11 bits per heavy atom. The third-order valence-corrected chi connectivity index (χ3v) is 1.90. The minimum atomic E-state index is -2.07. The van der Waals surface area contributed by atoms with Crippen LogP contribution in [0.3, 0.4) is 0 Å². The Morgan fingerprint density at radius 2 is 1.61 bits per heavy atom. The number of rotatable bonds is 7. The van der Waals surface area contributed by atoms with Gasteiger partial charge >= 0.3 is 11.9 Å². The highest BCUT2D eigenvalue weighted by Crippen LogP contribution is 1.99. The van der Waals surface area contributed by atoms with Crippen LogP contribution in [0.15, 0.2) is 0 Å². The second-order valence-electron chi connectivity index (χ2n) is 3.52. The summed E-state index contributed by atoms with van der Waals surface area (Å²) in [4.78, 5) is 19.7. The zero-order valence-electron chi connectivity index (χ0n) is 10.1. The maximum atomic E-state index is 9.96. The van der Waals surface area contributed by atoms with Crippen molar-refractivity contribution in [3.63, 3.8) is 0 Å². The van der Waals surface area contributed by atoms with Gasteiger partial charge in [-0.25, -0.2) is 4.79 Å². The van der Waals surface area contributed by atoms with Crippen LogP contribution in [-0.2, 0) is 9.59 Å². The summed E-state index contributed by atoms with van der Waals surface area (Å²) >= 11 is 0. The highest BCUT2D eigenvalue weighted by molar-refractivity contribution is 5.72. The van der Waals surface area contributed by atoms with E-state index in [4.69, 9.17) is 30.6 Å². The average Bonchev–Trinajstić information content (AvgIpc) is 2.33. The number of carboxylic acid groups (broad SMARTS) is 2. The third-order valence-electron chi connectivity index (χ3n) is 1.90. The number of aliphatic carboxylic acids is 2. The minimum Gasteiger partial charge on any atom is -0.481 e. The van der Waals surface area contributed by atoms with Gasteiger partial charge in [-0.2, -0.15) is 0 Å². The van der Waals surface area contributed by atoms with Crippen LogP contribution in [0.25, 0.3) is 0 Å². The molecule has 108 valence electrons. The van der Waals surface area contributed by atoms with Crippen LogP contribution in [0.5, 0.6) is 0 Å². The van der Waals surface area contributed by atoms with Gasteiger partial charge in [-0.05, 0) is 6.42 Å². The molecule has 0 fully saturated rings. The number of aliphatic hydroxyl groups is 4. The smallest absolute Gasteiger partial charge is 0.335 e. The molecule has 8 nitrogen and oxygen atoms in total. The molecule has 3 unspecified atom stereocenters. The minimum absolute atomic E-state index is 0.316. The first-order valence-corrected chi connectivity index (χ1v) is 5.37. The van der Waals surface area contributed by atoms with Crippen LogP contribution < -0.4 is 0 Å². The van der Waals surface area contributed by atoms with Crippen LogP contribution in [0.2, 0.25) is 0 Å². The summed E-state index contributed by atoms with van der Waals surface area (Å²) in [6.07, 6.45) is -3.49. The summed E-state index contributed by atoms with van der Waals surface area (Å²) in [7, 11) is 0. The largest absolute Gasteiger partial charge is 0.481 e. The second kappa shape index (κ2) is 10.9. The van der Waals surface area contributed by atoms with Gasteiger partial charge in [0.05, 0.1) is 6.61 Å². The Bertz CT molecular complexity index is 242. The first kappa shape index (κ1) is 19.1. The van der Waals surface area contributed by atoms with Crippen LogP contribution in [0.4, 0.5) is 0 Å². The molecular weight excluding hydrogens is 248 g/mol. The maximum Gasteiger partial charge on any atom is 0.335 e. The van der Waals surface area contributed by atoms with E-state index in [1.165, 1.54) is 0 Å². The summed E-state index contributed by atoms with van der Waals surface area (Å²) in [5.74, 6) is -2.34. The van der Waals surface area contributed by atoms with E-state index in [-0.39, 0.29) is 0 Å². The lowest BCUT2D eigenvalue weighted by Gasteiger charge is -2.17. The Labute approximate surface area is 104 Å². The average molecular weight is 268 g/mol. The molecule has 0 aliphatic rings. The predicted molar refractivity (Wildman–Crippen MR) is 59.9 cm³/mol. The monoisotopic (exact) mass is 268 g/mol. The fourth-order valence-corrected chi connectivity index (χ4v) is 0.793. The third kappa shape index (κ3) is 9.97. The molecule has 0 saturated carbocycles. The van der Waals surface area contributed by atoms with Crippen molar-refractivity contribution in [3.05, 3.63) is 0 Å². The van der Waals surface area contributed by atoms with Crippen molar-refractivity contribution in [2.24, 2.45) is 0 Å². The number of carbonyl (C=O) groups is 2. The van der Waals surface area contributed by atoms with Crippen LogP contribution >= 0.6 is 0 Å². The quantitative estimate of drug-likeness (QED) is 0.322. The van der Waals surface area contributed by atoms with Gasteiger partial charge in [0.25, 0.3) is 0 Å². The standard InChI is InChI=1S/C5H10O6.C5H10O2/c6-1-2(7)3(8)4(9)5(10)11;1-2-3-4-5(6)7/h2-4,6-9H,1H2,(H,10,11);2-4H2,1H3,(H,6,7). The lowest BCUT2D eigenvalue weighted by molar-refractivity contribution is -0.159. The lowest BCUT2D eigenvalue weighted by Crippen LogP contribution is -2.43. The second-order valence-corrected chi connectivity index (χ2v) is 3.52. The number of hydrogen-bond donors (Lipinski definition) is 6. The van der Waals surface area contributed by atoms with Gasteiger partial charge < -0.3 is 30.6 Å². The molecule has 0 aliphatic heterocycles. The van der Waals surface area contributed by atoms with Crippen molar-refractivity contribution in [3.8, 4) is 0 Å². The fraction of sp³-hybridized carbons (Fsp3) is 0.800. The predicted octanol–water partition coefficient (Wildman–Crippen LogP) is -1.59. The molecule has 0 aromatic carbocycles. The lowest BCUT2D eigenvalue weighted by atomic mass is 10.1. The Morgan fingerprint density at radius 3 is 1.83 bits per heavy atom. The first-order chi connectivity index (χ1) is 8.27. The van der Waals surface area contributed by atoms with Crippen molar-refractivity contribution >= 4 is 11.9 Å². The molecule has 3 atom stereocenters. The number of unbranched alkanes of at least 4 members (excludes halogenated alkanes) is 1. The molecule has 0 spiro atoms. The molecule has 0 radical (unpaired) electrons. The summed E-state index contributed by atoms with van der Waals surface area (Å²) in [6, 6.07) is 0. The van der Waals surface area contributed by atoms with Gasteiger partial charge in [0.1, 0.15) is 12.2 Å². The van der Waals surface area contributed by atoms with E-state index < -0.39 is 36.9 Å². The number of carboxylic acids is 2. The topological polar surface area (TPSA) is 156 Å². The molecule has 0 heterocycles. The van der Waals surface area contributed by atoms with E-state index in [0.29, 0.717) is 6.42 Å². The molecule has 0 bridgehead atoms. The van der Waals surface area contributed by atoms with Gasteiger partial charge in [-0.1, -0.05) is 13.3 Å². The molecule has 0 amide bonds. The Kier molecular flexibility index (Phi) is 11.6. The first-order valence-electron chi connectivity index (χ1n) is 5.37. The summed E-state index contributed by atoms with van der Waals surface area (Å²) in [5, 5.41) is 50.3. The summed E-state index contributed by atoms with van der Waals surface area (Å²) in [6.45, 7) is 1.18. The van der Waals surface area contributed by atoms with Crippen molar-refractivity contribution < 1.29 is 40.2 Å². The zero-order valence-corrected chi connectivity index (χ0v) is 10.1. The van der Waals surface area contributed by atoms with Gasteiger partial charge in [0, 0.05) is 6.42 Å². The van der Waals surface area contributed by atoms with Crippen LogP contribution in [0.1, 0.15) is 26.2 Å². The van der Waals surface area contributed by atoms with E-state index in [2.05, 4.69) is 0 Å². The highest BCUT2D eigenvalue weighted by atomic mass is 16.4. The molecule has 8 heteroatoms. The Balaban J connectivity index is 0. The van der Waals surface area contributed by atoms with Crippen molar-refractivity contribution in [1.82, 2.24) is 0 Å². The van der Waals surface area contributed by atoms with E-state index in [9.17, 15) is 9.59 Å². The molecule has 0 saturated heterocycles. The van der Waals surface area contributed by atoms with E-state index >= 15 is 0 Å². The molecule has 18 heavy (non-hydrogen) atoms. The van der Waals surface area contributed by atoms with Crippen molar-refractivity contribution in [2.45, 2.75) is 44.5 Å². The number of hydrogen-bond acceptors (Lipinski definition) is 6. The number of aliphatic hydroxyl groups excluding tert-OH is 4. The molecular formula is C10H20O8. The van der Waals surface area contributed by atoms with Crippen molar-refractivity contribution in [2.75, 3.05) is 6.61 Å². The molecule has 0 rings (SSSR count). The van der Waals surface area contributed by atoms with E-state index in [0.717, 1.165) is 12.8 Å². The van der Waals surface area contributed by atoms with E-state index in [1.54, 1.807) is 0 Å². The highest BCUT2D eigenvalue weighted by Gasteiger charge is 2.29. The normalized spacial score (nSPS) is 14.9. The van der Waals surface area contributed by atoms with Crippen LogP contribution in [-0.4, -0.2) is 67.5 Å². The molecule has 0 aromatic heterocycles. The Hall–Kier alpha value is -1.22. The summed E-state index contributed by atoms with van der Waals surface area (Å²) < 4.78 is 0. The van der Waals surface area contributed by atoms with Gasteiger partial charge in [-0.3, -0.25) is 4.79 Å². The maximum absolute atomic E-state index is 9.96. The van der Waals surface area contributed by atoms with E-state index in [1.807, 2.05) is 6.92 Å². The SMILES string of the molecule is CCCCC(=O)O.O=C(O)C(O)C(O)C(O)CO. The molecule has 0 aromatic rings. The summed E-state index contributed by atoms with van der Waals surface area (Å²) in [5.41, 5.74) is 0. The van der Waals surface area contributed by atoms with Gasteiger partial charge in [0.2, 0.25) is 0 Å². The van der Waals surface area contributed by atoms with Gasteiger partial charge in [0.15, 0.2) is 6.10 Å². The van der Waals surface area contributed by atoms with Crippen LogP contribution in [0, 0.1) is 0 Å². The van der Waals surface area contributed by atoms with Gasteiger partial charge in [-0.15, -0.1) is 0 Å². The fourth-order valence-electron chi connectivity index (χ4n) is 0.793.